The van der Waals surface area contributed by atoms with Crippen molar-refractivity contribution in [2.24, 2.45) is 0 Å². The fraction of sp³-hybridized carbons (Fsp3) is 0.167. The van der Waals surface area contributed by atoms with Gasteiger partial charge in [0, 0.05) is 16.1 Å². The summed E-state index contributed by atoms with van der Waals surface area (Å²) in [7, 11) is 0. The third-order valence-corrected chi connectivity index (χ3v) is 6.91. The van der Waals surface area contributed by atoms with Crippen LogP contribution >= 0.6 is 23.4 Å². The molecule has 2 amide bonds. The summed E-state index contributed by atoms with van der Waals surface area (Å²) < 4.78 is 12.1. The summed E-state index contributed by atoms with van der Waals surface area (Å²) in [6, 6.07) is 20.2. The van der Waals surface area contributed by atoms with E-state index in [1.54, 1.807) is 48.6 Å². The molecule has 1 heterocycles. The number of benzene rings is 3. The molecule has 0 aliphatic carbocycles. The first-order valence-corrected chi connectivity index (χ1v) is 13.1. The van der Waals surface area contributed by atoms with Crippen LogP contribution in [-0.2, 0) is 24.4 Å². The Hall–Kier alpha value is -3.99. The van der Waals surface area contributed by atoms with Crippen molar-refractivity contribution in [1.29, 1.82) is 5.26 Å². The minimum absolute atomic E-state index is 0.169. The van der Waals surface area contributed by atoms with Gasteiger partial charge in [0.1, 0.15) is 6.61 Å². The zero-order valence-electron chi connectivity index (χ0n) is 20.8. The summed E-state index contributed by atoms with van der Waals surface area (Å²) >= 11 is 6.85. The molecule has 0 radical (unpaired) electrons. The van der Waals surface area contributed by atoms with Gasteiger partial charge in [-0.25, -0.2) is 0 Å². The molecule has 0 spiro atoms. The van der Waals surface area contributed by atoms with Gasteiger partial charge >= 0.3 is 0 Å². The van der Waals surface area contributed by atoms with E-state index in [1.807, 2.05) is 31.2 Å². The normalized spacial score (nSPS) is 14.0. The number of nitrogens with zero attached hydrogens (tertiary/aromatic N) is 2. The number of imide groups is 1. The van der Waals surface area contributed by atoms with Crippen molar-refractivity contribution in [3.05, 3.63) is 111 Å². The molecule has 192 valence electrons. The highest BCUT2D eigenvalue weighted by Crippen LogP contribution is 2.38. The number of carbonyl (C=O) groups excluding carboxylic acids is 2. The number of amides is 2. The Bertz CT molecular complexity index is 1440. The lowest BCUT2D eigenvalue weighted by Gasteiger charge is -2.17. The van der Waals surface area contributed by atoms with Crippen LogP contribution in [0.25, 0.3) is 6.08 Å². The molecule has 6 nitrogen and oxygen atoms in total. The van der Waals surface area contributed by atoms with E-state index >= 15 is 0 Å². The summed E-state index contributed by atoms with van der Waals surface area (Å²) in [5.74, 6) is 0.701. The van der Waals surface area contributed by atoms with E-state index in [4.69, 9.17) is 21.1 Å². The molecule has 38 heavy (non-hydrogen) atoms. The zero-order chi connectivity index (χ0) is 27.1. The molecule has 1 fully saturated rings. The average molecular weight is 545 g/mol. The summed E-state index contributed by atoms with van der Waals surface area (Å²) in [5, 5.41) is 9.66. The van der Waals surface area contributed by atoms with Crippen LogP contribution in [0.15, 0.2) is 78.2 Å². The standard InChI is InChI=1S/C30H25ClN2O4S/c1-3-7-22-14-21(15-26(36-4-2)28(22)37-19-24-9-6-5-8-23(24)17-32)16-27-29(34)33(30(35)38-27)18-20-10-12-25(31)13-11-20/h3,5-6,8-16H,1,4,7,18-19H2,2H3/b27-16-. The topological polar surface area (TPSA) is 79.6 Å². The van der Waals surface area contributed by atoms with E-state index in [1.165, 1.54) is 4.90 Å². The lowest BCUT2D eigenvalue weighted by atomic mass is 10.0. The maximum Gasteiger partial charge on any atom is 0.293 e. The van der Waals surface area contributed by atoms with E-state index in [0.29, 0.717) is 45.6 Å². The highest BCUT2D eigenvalue weighted by atomic mass is 35.5. The first kappa shape index (κ1) is 27.1. The second kappa shape index (κ2) is 12.5. The van der Waals surface area contributed by atoms with Crippen molar-refractivity contribution >= 4 is 40.6 Å². The molecule has 0 N–H and O–H groups in total. The minimum atomic E-state index is -0.355. The summed E-state index contributed by atoms with van der Waals surface area (Å²) in [4.78, 5) is 27.3. The van der Waals surface area contributed by atoms with Crippen LogP contribution < -0.4 is 9.47 Å². The summed E-state index contributed by atoms with van der Waals surface area (Å²) in [5.41, 5.74) is 3.63. The fourth-order valence-corrected chi connectivity index (χ4v) is 4.93. The number of ether oxygens (including phenoxy) is 2. The summed E-state index contributed by atoms with van der Waals surface area (Å²) in [6.07, 6.45) is 3.94. The molecular formula is C30H25ClN2O4S. The van der Waals surface area contributed by atoms with Crippen LogP contribution in [0.4, 0.5) is 4.79 Å². The van der Waals surface area contributed by atoms with Gasteiger partial charge in [0.15, 0.2) is 11.5 Å². The van der Waals surface area contributed by atoms with E-state index in [9.17, 15) is 14.9 Å². The second-order valence-electron chi connectivity index (χ2n) is 8.39. The first-order valence-electron chi connectivity index (χ1n) is 11.9. The van der Waals surface area contributed by atoms with Crippen molar-refractivity contribution in [2.45, 2.75) is 26.5 Å². The molecule has 8 heteroatoms. The number of allylic oxidation sites excluding steroid dienone is 1. The predicted octanol–water partition coefficient (Wildman–Crippen LogP) is 7.15. The molecule has 0 unspecified atom stereocenters. The number of hydrogen-bond acceptors (Lipinski definition) is 6. The van der Waals surface area contributed by atoms with Crippen LogP contribution in [0.2, 0.25) is 5.02 Å². The van der Waals surface area contributed by atoms with Crippen LogP contribution in [-0.4, -0.2) is 22.7 Å². The third-order valence-electron chi connectivity index (χ3n) is 5.75. The van der Waals surface area contributed by atoms with Crippen LogP contribution in [0.3, 0.4) is 0 Å². The van der Waals surface area contributed by atoms with E-state index in [2.05, 4.69) is 12.6 Å². The lowest BCUT2D eigenvalue weighted by molar-refractivity contribution is -0.123. The molecule has 1 aliphatic heterocycles. The van der Waals surface area contributed by atoms with Gasteiger partial charge < -0.3 is 9.47 Å². The van der Waals surface area contributed by atoms with Crippen molar-refractivity contribution in [1.82, 2.24) is 4.90 Å². The number of halogens is 1. The Labute approximate surface area is 231 Å². The molecule has 0 bridgehead atoms. The molecule has 1 aliphatic rings. The molecule has 1 saturated heterocycles. The second-order valence-corrected chi connectivity index (χ2v) is 9.81. The lowest BCUT2D eigenvalue weighted by Crippen LogP contribution is -2.27. The zero-order valence-corrected chi connectivity index (χ0v) is 22.3. The molecule has 3 aromatic carbocycles. The maximum atomic E-state index is 13.1. The molecule has 4 rings (SSSR count). The molecule has 0 saturated carbocycles. The van der Waals surface area contributed by atoms with Gasteiger partial charge in [-0.3, -0.25) is 14.5 Å². The largest absolute Gasteiger partial charge is 0.490 e. The predicted molar refractivity (Wildman–Crippen MR) is 150 cm³/mol. The van der Waals surface area contributed by atoms with Crippen molar-refractivity contribution < 1.29 is 19.1 Å². The highest BCUT2D eigenvalue weighted by Gasteiger charge is 2.35. The van der Waals surface area contributed by atoms with Crippen molar-refractivity contribution in [3.8, 4) is 17.6 Å². The van der Waals surface area contributed by atoms with Gasteiger partial charge in [0.2, 0.25) is 0 Å². The molecule has 0 atom stereocenters. The van der Waals surface area contributed by atoms with Crippen LogP contribution in [0.1, 0.15) is 34.7 Å². The van der Waals surface area contributed by atoms with Crippen molar-refractivity contribution in [3.63, 3.8) is 0 Å². The van der Waals surface area contributed by atoms with Crippen molar-refractivity contribution in [2.75, 3.05) is 6.61 Å². The van der Waals surface area contributed by atoms with Gasteiger partial charge in [0.05, 0.1) is 29.7 Å². The smallest absolute Gasteiger partial charge is 0.293 e. The molecule has 3 aromatic rings. The van der Waals surface area contributed by atoms with Gasteiger partial charge in [-0.15, -0.1) is 6.58 Å². The van der Waals surface area contributed by atoms with E-state index in [0.717, 1.165) is 28.5 Å². The number of rotatable bonds is 10. The Morgan fingerprint density at radius 1 is 1.08 bits per heavy atom. The maximum absolute atomic E-state index is 13.1. The Balaban J connectivity index is 1.62. The highest BCUT2D eigenvalue weighted by molar-refractivity contribution is 8.18. The average Bonchev–Trinajstić information content (AvgIpc) is 3.17. The van der Waals surface area contributed by atoms with Crippen LogP contribution in [0, 0.1) is 11.3 Å². The van der Waals surface area contributed by atoms with Gasteiger partial charge in [-0.2, -0.15) is 5.26 Å². The summed E-state index contributed by atoms with van der Waals surface area (Å²) in [6.45, 7) is 6.49. The van der Waals surface area contributed by atoms with Gasteiger partial charge in [-0.1, -0.05) is 48.0 Å². The quantitative estimate of drug-likeness (QED) is 0.199. The number of nitriles is 1. The number of thioether (sulfide) groups is 1. The SMILES string of the molecule is C=CCc1cc(/C=C2\SC(=O)N(Cc3ccc(Cl)cc3)C2=O)cc(OCC)c1OCc1ccccc1C#N. The third kappa shape index (κ3) is 6.28. The van der Waals surface area contributed by atoms with E-state index < -0.39 is 0 Å². The number of hydrogen-bond donors (Lipinski definition) is 0. The Kier molecular flexibility index (Phi) is 8.90. The molecular weight excluding hydrogens is 520 g/mol. The first-order chi connectivity index (χ1) is 18.4. The Morgan fingerprint density at radius 3 is 2.55 bits per heavy atom. The van der Waals surface area contributed by atoms with E-state index in [-0.39, 0.29) is 24.3 Å². The minimum Gasteiger partial charge on any atom is -0.490 e. The Morgan fingerprint density at radius 2 is 1.84 bits per heavy atom. The fourth-order valence-electron chi connectivity index (χ4n) is 3.97. The van der Waals surface area contributed by atoms with Gasteiger partial charge in [-0.05, 0) is 72.6 Å². The number of carbonyl (C=O) groups is 2. The monoisotopic (exact) mass is 544 g/mol. The molecule has 0 aromatic heterocycles. The van der Waals surface area contributed by atoms with Crippen LogP contribution in [0.5, 0.6) is 11.5 Å². The van der Waals surface area contributed by atoms with Gasteiger partial charge in [0.25, 0.3) is 11.1 Å².